The number of hydrogen-bond donors (Lipinski definition) is 2. The van der Waals surface area contributed by atoms with Crippen LogP contribution in [0.25, 0.3) is 0 Å². The van der Waals surface area contributed by atoms with E-state index in [-0.39, 0.29) is 11.8 Å². The third-order valence-corrected chi connectivity index (χ3v) is 4.78. The van der Waals surface area contributed by atoms with Gasteiger partial charge in [-0.05, 0) is 37.4 Å². The summed E-state index contributed by atoms with van der Waals surface area (Å²) in [6, 6.07) is 8.53. The maximum absolute atomic E-state index is 12.6. The molecule has 1 fully saturated rings. The van der Waals surface area contributed by atoms with Gasteiger partial charge >= 0.3 is 0 Å². The van der Waals surface area contributed by atoms with Crippen molar-refractivity contribution in [3.8, 4) is 0 Å². The molecule has 21 heavy (non-hydrogen) atoms. The Bertz CT molecular complexity index is 495. The first kappa shape index (κ1) is 14.4. The molecule has 4 heteroatoms. The number of benzene rings is 1. The summed E-state index contributed by atoms with van der Waals surface area (Å²) in [6.07, 6.45) is 3.04. The third-order valence-electron chi connectivity index (χ3n) is 4.78. The van der Waals surface area contributed by atoms with Crippen LogP contribution in [-0.4, -0.2) is 43.0 Å². The van der Waals surface area contributed by atoms with Crippen LogP contribution in [0.3, 0.4) is 0 Å². The number of carbonyl (C=O) groups is 1. The van der Waals surface area contributed by atoms with Gasteiger partial charge in [-0.15, -0.1) is 0 Å². The first-order valence-electron chi connectivity index (χ1n) is 8.13. The van der Waals surface area contributed by atoms with E-state index in [2.05, 4.69) is 34.6 Å². The van der Waals surface area contributed by atoms with Crippen LogP contribution in [0.15, 0.2) is 24.3 Å². The highest BCUT2D eigenvalue weighted by Gasteiger charge is 2.28. The van der Waals surface area contributed by atoms with E-state index < -0.39 is 0 Å². The van der Waals surface area contributed by atoms with Crippen LogP contribution in [0.2, 0.25) is 0 Å². The number of anilines is 1. The molecule has 1 aromatic carbocycles. The molecule has 2 N–H and O–H groups in total. The number of rotatable bonds is 3. The molecule has 4 nitrogen and oxygen atoms in total. The smallest absolute Gasteiger partial charge is 0.227 e. The Balaban J connectivity index is 1.62. The molecule has 1 atom stereocenters. The number of nitrogens with one attached hydrogen (secondary N) is 2. The number of piperidine rings is 1. The highest BCUT2D eigenvalue weighted by atomic mass is 16.1. The molecule has 3 rings (SSSR count). The van der Waals surface area contributed by atoms with Crippen molar-refractivity contribution in [1.29, 1.82) is 0 Å². The summed E-state index contributed by atoms with van der Waals surface area (Å²) in [6.45, 7) is 6.39. The van der Waals surface area contributed by atoms with Gasteiger partial charge in [0.05, 0.1) is 5.92 Å². The van der Waals surface area contributed by atoms with Gasteiger partial charge in [0.25, 0.3) is 0 Å². The standard InChI is InChI=1S/C17H25N3O/c1-2-20-11-8-13(9-12-20)19-17(21)15-7-10-18-16-6-4-3-5-14(15)16/h3-6,13,15,18H,2,7-12H2,1H3,(H,19,21). The van der Waals surface area contributed by atoms with E-state index in [1.807, 2.05) is 12.1 Å². The highest BCUT2D eigenvalue weighted by molar-refractivity contribution is 5.86. The van der Waals surface area contributed by atoms with Gasteiger partial charge in [-0.25, -0.2) is 0 Å². The molecule has 0 radical (unpaired) electrons. The molecular formula is C17H25N3O. The lowest BCUT2D eigenvalue weighted by atomic mass is 9.89. The van der Waals surface area contributed by atoms with Gasteiger partial charge in [0, 0.05) is 31.4 Å². The molecule has 0 spiro atoms. The maximum Gasteiger partial charge on any atom is 0.227 e. The largest absolute Gasteiger partial charge is 0.385 e. The first-order chi connectivity index (χ1) is 10.3. The summed E-state index contributed by atoms with van der Waals surface area (Å²) in [4.78, 5) is 15.1. The molecule has 2 aliphatic rings. The van der Waals surface area contributed by atoms with Crippen molar-refractivity contribution in [2.45, 2.75) is 38.1 Å². The van der Waals surface area contributed by atoms with Crippen LogP contribution in [0.4, 0.5) is 5.69 Å². The van der Waals surface area contributed by atoms with Gasteiger partial charge < -0.3 is 15.5 Å². The summed E-state index contributed by atoms with van der Waals surface area (Å²) < 4.78 is 0. The monoisotopic (exact) mass is 287 g/mol. The van der Waals surface area contributed by atoms with Gasteiger partial charge in [0.1, 0.15) is 0 Å². The average Bonchev–Trinajstić information content (AvgIpc) is 2.55. The van der Waals surface area contributed by atoms with E-state index in [0.29, 0.717) is 6.04 Å². The number of amides is 1. The van der Waals surface area contributed by atoms with Crippen LogP contribution < -0.4 is 10.6 Å². The van der Waals surface area contributed by atoms with E-state index in [1.165, 1.54) is 0 Å². The first-order valence-corrected chi connectivity index (χ1v) is 8.13. The number of hydrogen-bond acceptors (Lipinski definition) is 3. The Labute approximate surface area is 126 Å². The number of fused-ring (bicyclic) bond motifs is 1. The SMILES string of the molecule is CCN1CCC(NC(=O)C2CCNc3ccccc32)CC1. The Hall–Kier alpha value is -1.55. The Morgan fingerprint density at radius 2 is 2.05 bits per heavy atom. The van der Waals surface area contributed by atoms with Crippen molar-refractivity contribution in [2.75, 3.05) is 31.5 Å². The van der Waals surface area contributed by atoms with Crippen molar-refractivity contribution >= 4 is 11.6 Å². The molecule has 0 bridgehead atoms. The highest BCUT2D eigenvalue weighted by Crippen LogP contribution is 2.31. The van der Waals surface area contributed by atoms with Gasteiger partial charge in [0.2, 0.25) is 5.91 Å². The molecular weight excluding hydrogens is 262 g/mol. The third kappa shape index (κ3) is 3.21. The topological polar surface area (TPSA) is 44.4 Å². The quantitative estimate of drug-likeness (QED) is 0.895. The van der Waals surface area contributed by atoms with E-state index in [0.717, 1.165) is 56.7 Å². The fourth-order valence-corrected chi connectivity index (χ4v) is 3.44. The zero-order valence-electron chi connectivity index (χ0n) is 12.8. The van der Waals surface area contributed by atoms with Crippen LogP contribution in [0, 0.1) is 0 Å². The normalized spacial score (nSPS) is 23.2. The second kappa shape index (κ2) is 6.48. The van der Waals surface area contributed by atoms with Crippen molar-refractivity contribution in [2.24, 2.45) is 0 Å². The van der Waals surface area contributed by atoms with Gasteiger partial charge in [-0.2, -0.15) is 0 Å². The minimum absolute atomic E-state index is 0.00616. The minimum atomic E-state index is 0.00616. The molecule has 1 amide bonds. The Kier molecular flexibility index (Phi) is 4.44. The molecule has 1 saturated heterocycles. The van der Waals surface area contributed by atoms with Crippen LogP contribution in [0.5, 0.6) is 0 Å². The van der Waals surface area contributed by atoms with E-state index in [4.69, 9.17) is 0 Å². The zero-order chi connectivity index (χ0) is 14.7. The second-order valence-electron chi connectivity index (χ2n) is 6.07. The summed E-state index contributed by atoms with van der Waals surface area (Å²) in [5.74, 6) is 0.213. The summed E-state index contributed by atoms with van der Waals surface area (Å²) in [5, 5.41) is 6.66. The summed E-state index contributed by atoms with van der Waals surface area (Å²) in [7, 11) is 0. The minimum Gasteiger partial charge on any atom is -0.385 e. The number of likely N-dealkylation sites (tertiary alicyclic amines) is 1. The molecule has 1 unspecified atom stereocenters. The van der Waals surface area contributed by atoms with Crippen LogP contribution >= 0.6 is 0 Å². The van der Waals surface area contributed by atoms with Gasteiger partial charge in [-0.3, -0.25) is 4.79 Å². The summed E-state index contributed by atoms with van der Waals surface area (Å²) in [5.41, 5.74) is 2.26. The van der Waals surface area contributed by atoms with Crippen molar-refractivity contribution in [3.63, 3.8) is 0 Å². The Morgan fingerprint density at radius 1 is 1.29 bits per heavy atom. The van der Waals surface area contributed by atoms with E-state index in [1.54, 1.807) is 0 Å². The predicted octanol–water partition coefficient (Wildman–Crippen LogP) is 2.19. The average molecular weight is 287 g/mol. The molecule has 0 aliphatic carbocycles. The zero-order valence-corrected chi connectivity index (χ0v) is 12.8. The molecule has 0 saturated carbocycles. The number of carbonyl (C=O) groups excluding carboxylic acids is 1. The maximum atomic E-state index is 12.6. The predicted molar refractivity (Wildman–Crippen MR) is 85.6 cm³/mol. The molecule has 114 valence electrons. The van der Waals surface area contributed by atoms with E-state index >= 15 is 0 Å². The van der Waals surface area contributed by atoms with Crippen molar-refractivity contribution in [3.05, 3.63) is 29.8 Å². The number of nitrogens with zero attached hydrogens (tertiary/aromatic N) is 1. The fourth-order valence-electron chi connectivity index (χ4n) is 3.44. The molecule has 2 heterocycles. The lowest BCUT2D eigenvalue weighted by Crippen LogP contribution is -2.46. The summed E-state index contributed by atoms with van der Waals surface area (Å²) >= 11 is 0. The lowest BCUT2D eigenvalue weighted by Gasteiger charge is -2.33. The van der Waals surface area contributed by atoms with Crippen molar-refractivity contribution < 1.29 is 4.79 Å². The molecule has 0 aromatic heterocycles. The fraction of sp³-hybridized carbons (Fsp3) is 0.588. The van der Waals surface area contributed by atoms with Gasteiger partial charge in [0.15, 0.2) is 0 Å². The second-order valence-corrected chi connectivity index (χ2v) is 6.07. The number of para-hydroxylation sites is 1. The lowest BCUT2D eigenvalue weighted by molar-refractivity contribution is -0.123. The van der Waals surface area contributed by atoms with Crippen molar-refractivity contribution in [1.82, 2.24) is 10.2 Å². The van der Waals surface area contributed by atoms with E-state index in [9.17, 15) is 4.79 Å². The molecule has 1 aromatic rings. The Morgan fingerprint density at radius 3 is 2.81 bits per heavy atom. The molecule has 2 aliphatic heterocycles. The van der Waals surface area contributed by atoms with Gasteiger partial charge in [-0.1, -0.05) is 25.1 Å². The van der Waals surface area contributed by atoms with Crippen LogP contribution in [-0.2, 0) is 4.79 Å². The van der Waals surface area contributed by atoms with Crippen LogP contribution in [0.1, 0.15) is 37.7 Å².